The molecule has 0 saturated carbocycles. The van der Waals surface area contributed by atoms with Crippen molar-refractivity contribution in [1.29, 1.82) is 5.26 Å². The first-order chi connectivity index (χ1) is 18.5. The Bertz CT molecular complexity index is 1630. The summed E-state index contributed by atoms with van der Waals surface area (Å²) in [5.41, 5.74) is 1.29. The van der Waals surface area contributed by atoms with Crippen LogP contribution in [0.4, 0.5) is 18.9 Å². The van der Waals surface area contributed by atoms with Crippen molar-refractivity contribution >= 4 is 29.1 Å². The molecule has 0 aliphatic rings. The van der Waals surface area contributed by atoms with Gasteiger partial charge in [-0.2, -0.15) is 23.2 Å². The first-order valence-corrected chi connectivity index (χ1v) is 11.4. The maximum Gasteiger partial charge on any atom is 0.455 e. The standard InChI is InChI=1S/C24H17ClF3N9O2/c1-12-7-13(9-29)8-15(21(38)30-2)19(12)33-22(39)16-10-31-18(11-37-35-23(34-36-37)24(26,27)28)32-20(16)14-5-3-4-6-17(14)25/h3-8,10H,11H2,1-2H3,(H,30,38)(H,33,39). The molecular formula is C24H17ClF3N9O2. The number of alkyl halides is 3. The van der Waals surface area contributed by atoms with Gasteiger partial charge in [0.15, 0.2) is 5.82 Å². The molecule has 0 saturated heterocycles. The number of hydrogen-bond acceptors (Lipinski definition) is 8. The van der Waals surface area contributed by atoms with Crippen LogP contribution >= 0.6 is 11.6 Å². The van der Waals surface area contributed by atoms with Crippen molar-refractivity contribution < 1.29 is 22.8 Å². The lowest BCUT2D eigenvalue weighted by atomic mass is 10.0. The quantitative estimate of drug-likeness (QED) is 0.366. The molecule has 2 aromatic heterocycles. The Morgan fingerprint density at radius 2 is 1.90 bits per heavy atom. The van der Waals surface area contributed by atoms with Gasteiger partial charge in [-0.3, -0.25) is 9.59 Å². The zero-order chi connectivity index (χ0) is 28.3. The smallest absolute Gasteiger partial charge is 0.355 e. The number of anilines is 1. The van der Waals surface area contributed by atoms with Crippen LogP contribution in [0.2, 0.25) is 5.02 Å². The number of amides is 2. The highest BCUT2D eigenvalue weighted by Gasteiger charge is 2.36. The molecule has 0 aliphatic carbocycles. The van der Waals surface area contributed by atoms with Crippen molar-refractivity contribution in [3.05, 3.63) is 81.5 Å². The van der Waals surface area contributed by atoms with E-state index in [9.17, 15) is 28.0 Å². The molecule has 0 aliphatic heterocycles. The minimum Gasteiger partial charge on any atom is -0.355 e. The van der Waals surface area contributed by atoms with Crippen LogP contribution in [-0.4, -0.2) is 49.0 Å². The van der Waals surface area contributed by atoms with Crippen LogP contribution in [0, 0.1) is 18.3 Å². The SMILES string of the molecule is CNC(=O)c1cc(C#N)cc(C)c1NC(=O)c1cnc(Cn2nnc(C(F)(F)F)n2)nc1-c1ccccc1Cl. The van der Waals surface area contributed by atoms with E-state index in [0.29, 0.717) is 15.9 Å². The third-order valence-electron chi connectivity index (χ3n) is 5.38. The van der Waals surface area contributed by atoms with Gasteiger partial charge in [-0.05, 0) is 35.9 Å². The van der Waals surface area contributed by atoms with Crippen molar-refractivity contribution in [2.24, 2.45) is 0 Å². The third kappa shape index (κ3) is 5.83. The monoisotopic (exact) mass is 555 g/mol. The lowest BCUT2D eigenvalue weighted by Gasteiger charge is -2.16. The van der Waals surface area contributed by atoms with E-state index < -0.39 is 23.8 Å². The van der Waals surface area contributed by atoms with Gasteiger partial charge in [0.25, 0.3) is 17.6 Å². The number of halogens is 4. The number of aromatic nitrogens is 6. The molecule has 2 N–H and O–H groups in total. The summed E-state index contributed by atoms with van der Waals surface area (Å²) in [6.07, 6.45) is -3.60. The Morgan fingerprint density at radius 1 is 1.15 bits per heavy atom. The number of benzene rings is 2. The molecule has 4 aromatic rings. The van der Waals surface area contributed by atoms with E-state index >= 15 is 0 Å². The molecule has 0 bridgehead atoms. The molecular weight excluding hydrogens is 539 g/mol. The van der Waals surface area contributed by atoms with E-state index in [-0.39, 0.29) is 45.5 Å². The molecule has 0 fully saturated rings. The number of tetrazole rings is 1. The molecule has 2 aromatic carbocycles. The van der Waals surface area contributed by atoms with Crippen LogP contribution in [0.5, 0.6) is 0 Å². The Hall–Kier alpha value is -4.90. The second-order valence-electron chi connectivity index (χ2n) is 8.03. The summed E-state index contributed by atoms with van der Waals surface area (Å²) in [5.74, 6) is -2.67. The van der Waals surface area contributed by atoms with Gasteiger partial charge in [0.1, 0.15) is 6.54 Å². The first kappa shape index (κ1) is 27.1. The number of nitrogens with one attached hydrogen (secondary N) is 2. The van der Waals surface area contributed by atoms with Gasteiger partial charge in [0.05, 0.1) is 34.1 Å². The predicted octanol–water partition coefficient (Wildman–Crippen LogP) is 3.64. The average molecular weight is 556 g/mol. The maximum absolute atomic E-state index is 13.5. The molecule has 0 radical (unpaired) electrons. The van der Waals surface area contributed by atoms with E-state index in [1.165, 1.54) is 25.4 Å². The van der Waals surface area contributed by atoms with Crippen molar-refractivity contribution in [3.8, 4) is 17.3 Å². The Kier molecular flexibility index (Phi) is 7.54. The number of aryl methyl sites for hydroxylation is 1. The fourth-order valence-electron chi connectivity index (χ4n) is 3.58. The van der Waals surface area contributed by atoms with Gasteiger partial charge in [0.2, 0.25) is 0 Å². The van der Waals surface area contributed by atoms with Crippen LogP contribution in [0.15, 0.2) is 42.6 Å². The zero-order valence-electron chi connectivity index (χ0n) is 20.2. The molecule has 2 amide bonds. The first-order valence-electron chi connectivity index (χ1n) is 11.1. The lowest BCUT2D eigenvalue weighted by Crippen LogP contribution is -2.23. The average Bonchev–Trinajstić information content (AvgIpc) is 3.38. The summed E-state index contributed by atoms with van der Waals surface area (Å²) in [5, 5.41) is 24.3. The van der Waals surface area contributed by atoms with E-state index in [2.05, 4.69) is 36.0 Å². The van der Waals surface area contributed by atoms with Crippen molar-refractivity contribution in [3.63, 3.8) is 0 Å². The van der Waals surface area contributed by atoms with Gasteiger partial charge >= 0.3 is 6.18 Å². The second kappa shape index (κ2) is 10.8. The van der Waals surface area contributed by atoms with Crippen molar-refractivity contribution in [1.82, 2.24) is 35.5 Å². The van der Waals surface area contributed by atoms with Gasteiger partial charge in [0, 0.05) is 23.8 Å². The summed E-state index contributed by atoms with van der Waals surface area (Å²) < 4.78 is 38.6. The van der Waals surface area contributed by atoms with Gasteiger partial charge in [-0.1, -0.05) is 29.8 Å². The summed E-state index contributed by atoms with van der Waals surface area (Å²) in [6, 6.07) is 11.3. The van der Waals surface area contributed by atoms with E-state index in [4.69, 9.17) is 11.6 Å². The van der Waals surface area contributed by atoms with Crippen LogP contribution in [0.3, 0.4) is 0 Å². The molecule has 15 heteroatoms. The number of hydrogen-bond donors (Lipinski definition) is 2. The highest BCUT2D eigenvalue weighted by atomic mass is 35.5. The molecule has 2 heterocycles. The lowest BCUT2D eigenvalue weighted by molar-refractivity contribution is -0.145. The van der Waals surface area contributed by atoms with E-state index in [1.54, 1.807) is 31.2 Å². The second-order valence-corrected chi connectivity index (χ2v) is 8.44. The minimum absolute atomic E-state index is 0.0202. The largest absolute Gasteiger partial charge is 0.455 e. The zero-order valence-corrected chi connectivity index (χ0v) is 21.0. The normalized spacial score (nSPS) is 11.1. The maximum atomic E-state index is 13.5. The molecule has 11 nitrogen and oxygen atoms in total. The Morgan fingerprint density at radius 3 is 2.54 bits per heavy atom. The van der Waals surface area contributed by atoms with Crippen molar-refractivity contribution in [2.75, 3.05) is 12.4 Å². The van der Waals surface area contributed by atoms with E-state index in [1.807, 2.05) is 6.07 Å². The molecule has 198 valence electrons. The third-order valence-corrected chi connectivity index (χ3v) is 5.71. The summed E-state index contributed by atoms with van der Waals surface area (Å²) >= 11 is 6.37. The van der Waals surface area contributed by atoms with Crippen LogP contribution in [0.25, 0.3) is 11.3 Å². The van der Waals surface area contributed by atoms with Gasteiger partial charge in [-0.15, -0.1) is 10.2 Å². The van der Waals surface area contributed by atoms with Crippen LogP contribution in [0.1, 0.15) is 43.5 Å². The highest BCUT2D eigenvalue weighted by Crippen LogP contribution is 2.31. The number of nitrogens with zero attached hydrogens (tertiary/aromatic N) is 7. The Balaban J connectivity index is 1.76. The molecule has 39 heavy (non-hydrogen) atoms. The number of nitriles is 1. The Labute approximate surface area is 223 Å². The summed E-state index contributed by atoms with van der Waals surface area (Å²) in [4.78, 5) is 35.1. The molecule has 0 atom stereocenters. The molecule has 0 unspecified atom stereocenters. The number of rotatable bonds is 6. The molecule has 0 spiro atoms. The summed E-state index contributed by atoms with van der Waals surface area (Å²) in [7, 11) is 1.41. The topological polar surface area (TPSA) is 151 Å². The fourth-order valence-corrected chi connectivity index (χ4v) is 3.81. The van der Waals surface area contributed by atoms with Crippen molar-refractivity contribution in [2.45, 2.75) is 19.6 Å². The summed E-state index contributed by atoms with van der Waals surface area (Å²) in [6.45, 7) is 1.25. The molecule has 4 rings (SSSR count). The fraction of sp³-hybridized carbons (Fsp3) is 0.167. The van der Waals surface area contributed by atoms with Gasteiger partial charge < -0.3 is 10.6 Å². The van der Waals surface area contributed by atoms with Crippen LogP contribution < -0.4 is 10.6 Å². The van der Waals surface area contributed by atoms with E-state index in [0.717, 1.165) is 0 Å². The number of carbonyl (C=O) groups is 2. The van der Waals surface area contributed by atoms with Crippen LogP contribution in [-0.2, 0) is 12.7 Å². The van der Waals surface area contributed by atoms with Gasteiger partial charge in [-0.25, -0.2) is 9.97 Å². The number of carbonyl (C=O) groups excluding carboxylic acids is 2. The highest BCUT2D eigenvalue weighted by molar-refractivity contribution is 6.33. The predicted molar refractivity (Wildman–Crippen MR) is 132 cm³/mol. The minimum atomic E-state index is -4.78.